The van der Waals surface area contributed by atoms with E-state index >= 15 is 0 Å². The topological polar surface area (TPSA) is 53.6 Å². The highest BCUT2D eigenvalue weighted by atomic mass is 16.5. The summed E-state index contributed by atoms with van der Waals surface area (Å²) in [5.41, 5.74) is 4.37. The van der Waals surface area contributed by atoms with Gasteiger partial charge in [-0.15, -0.1) is 0 Å². The van der Waals surface area contributed by atoms with Gasteiger partial charge < -0.3 is 20.3 Å². The zero-order valence-corrected chi connectivity index (χ0v) is 18.3. The van der Waals surface area contributed by atoms with E-state index in [1.807, 2.05) is 80.8 Å². The van der Waals surface area contributed by atoms with Gasteiger partial charge in [-0.2, -0.15) is 0 Å². The minimum atomic E-state index is -0.179. The van der Waals surface area contributed by atoms with Crippen LogP contribution in [0.3, 0.4) is 0 Å². The van der Waals surface area contributed by atoms with Crippen molar-refractivity contribution in [3.63, 3.8) is 0 Å². The normalized spacial score (nSPS) is 11.8. The molecule has 0 saturated heterocycles. The molecule has 0 bridgehead atoms. The first-order valence-electron chi connectivity index (χ1n) is 10.5. The number of nitrogens with one attached hydrogen (secondary N) is 2. The maximum Gasteiger partial charge on any atom is 0.315 e. The van der Waals surface area contributed by atoms with E-state index < -0.39 is 0 Å². The van der Waals surface area contributed by atoms with Gasteiger partial charge >= 0.3 is 6.03 Å². The summed E-state index contributed by atoms with van der Waals surface area (Å²) in [6.45, 7) is 2.31. The van der Waals surface area contributed by atoms with E-state index in [-0.39, 0.29) is 12.1 Å². The zero-order valence-electron chi connectivity index (χ0n) is 18.3. The highest BCUT2D eigenvalue weighted by Crippen LogP contribution is 2.13. The summed E-state index contributed by atoms with van der Waals surface area (Å²) in [4.78, 5) is 14.6. The molecule has 0 spiro atoms. The molecule has 1 atom stereocenters. The molecule has 0 aliphatic heterocycles. The van der Waals surface area contributed by atoms with E-state index in [2.05, 4.69) is 33.7 Å². The maximum atomic E-state index is 12.5. The number of carbonyl (C=O) groups is 1. The molecule has 0 saturated carbocycles. The van der Waals surface area contributed by atoms with Crippen LogP contribution in [-0.4, -0.2) is 31.6 Å². The highest BCUT2D eigenvalue weighted by Gasteiger charge is 2.15. The molecule has 0 aromatic heterocycles. The number of hydrogen-bond donors (Lipinski definition) is 2. The van der Waals surface area contributed by atoms with Crippen molar-refractivity contribution in [3.8, 4) is 0 Å². The largest absolute Gasteiger partial charge is 0.372 e. The number of ether oxygens (including phenoxy) is 1. The number of benzene rings is 3. The molecule has 2 amide bonds. The van der Waals surface area contributed by atoms with Crippen molar-refractivity contribution in [1.82, 2.24) is 15.5 Å². The zero-order chi connectivity index (χ0) is 21.9. The third kappa shape index (κ3) is 7.89. The first-order valence-corrected chi connectivity index (χ1v) is 10.5. The lowest BCUT2D eigenvalue weighted by Gasteiger charge is -2.23. The minimum absolute atomic E-state index is 0.0751. The number of carbonyl (C=O) groups excluding carboxylic acids is 1. The Kier molecular flexibility index (Phi) is 8.64. The Balaban J connectivity index is 1.49. The Hall–Kier alpha value is -3.15. The SMILES string of the molecule is CN(C)CC(NC(=O)NCc1cccc(COCc2ccccc2)c1)c1ccccc1. The van der Waals surface area contributed by atoms with Gasteiger partial charge in [0.2, 0.25) is 0 Å². The van der Waals surface area contributed by atoms with Crippen LogP contribution >= 0.6 is 0 Å². The molecule has 162 valence electrons. The van der Waals surface area contributed by atoms with Crippen molar-refractivity contribution in [1.29, 1.82) is 0 Å². The van der Waals surface area contributed by atoms with E-state index in [0.29, 0.717) is 19.8 Å². The van der Waals surface area contributed by atoms with E-state index in [0.717, 1.165) is 28.8 Å². The van der Waals surface area contributed by atoms with Crippen LogP contribution in [0.2, 0.25) is 0 Å². The van der Waals surface area contributed by atoms with Gasteiger partial charge in [0.15, 0.2) is 0 Å². The van der Waals surface area contributed by atoms with Crippen LogP contribution in [0.1, 0.15) is 28.3 Å². The Morgan fingerprint density at radius 3 is 2.16 bits per heavy atom. The van der Waals surface area contributed by atoms with Crippen LogP contribution in [0.4, 0.5) is 4.79 Å². The number of nitrogens with zero attached hydrogens (tertiary/aromatic N) is 1. The van der Waals surface area contributed by atoms with Crippen molar-refractivity contribution in [2.75, 3.05) is 20.6 Å². The Labute approximate surface area is 185 Å². The maximum absolute atomic E-state index is 12.5. The van der Waals surface area contributed by atoms with Gasteiger partial charge in [0.1, 0.15) is 0 Å². The second kappa shape index (κ2) is 11.9. The molecule has 2 N–H and O–H groups in total. The van der Waals surface area contributed by atoms with Crippen molar-refractivity contribution in [2.24, 2.45) is 0 Å². The first-order chi connectivity index (χ1) is 15.1. The van der Waals surface area contributed by atoms with Gasteiger partial charge in [0, 0.05) is 13.1 Å². The van der Waals surface area contributed by atoms with Gasteiger partial charge in [-0.1, -0.05) is 84.9 Å². The molecule has 3 aromatic carbocycles. The molecular formula is C26H31N3O2. The molecule has 0 radical (unpaired) electrons. The molecule has 3 rings (SSSR count). The molecule has 1 unspecified atom stereocenters. The van der Waals surface area contributed by atoms with Gasteiger partial charge in [0.05, 0.1) is 19.3 Å². The van der Waals surface area contributed by atoms with Crippen molar-refractivity contribution in [2.45, 2.75) is 25.8 Å². The van der Waals surface area contributed by atoms with E-state index in [1.165, 1.54) is 0 Å². The molecule has 0 heterocycles. The monoisotopic (exact) mass is 417 g/mol. The van der Waals surface area contributed by atoms with Crippen molar-refractivity contribution < 1.29 is 9.53 Å². The van der Waals surface area contributed by atoms with Crippen LogP contribution in [-0.2, 0) is 24.5 Å². The minimum Gasteiger partial charge on any atom is -0.372 e. The molecular weight excluding hydrogens is 386 g/mol. The van der Waals surface area contributed by atoms with E-state index in [9.17, 15) is 4.79 Å². The van der Waals surface area contributed by atoms with Gasteiger partial charge in [0.25, 0.3) is 0 Å². The quantitative estimate of drug-likeness (QED) is 0.510. The molecule has 5 heteroatoms. The van der Waals surface area contributed by atoms with Gasteiger partial charge in [-0.05, 0) is 36.3 Å². The standard InChI is InChI=1S/C26H31N3O2/c1-29(2)18-25(24-14-7-4-8-15-24)28-26(30)27-17-22-12-9-13-23(16-22)20-31-19-21-10-5-3-6-11-21/h3-16,25H,17-20H2,1-2H3,(H2,27,28,30). The number of amides is 2. The predicted molar refractivity (Wildman–Crippen MR) is 124 cm³/mol. The van der Waals surface area contributed by atoms with E-state index in [4.69, 9.17) is 4.74 Å². The Morgan fingerprint density at radius 2 is 1.45 bits per heavy atom. The third-order valence-corrected chi connectivity index (χ3v) is 4.88. The number of likely N-dealkylation sites (N-methyl/N-ethyl adjacent to an activating group) is 1. The summed E-state index contributed by atoms with van der Waals surface area (Å²) in [7, 11) is 4.00. The molecule has 0 aliphatic rings. The van der Waals surface area contributed by atoms with Crippen molar-refractivity contribution >= 4 is 6.03 Å². The fourth-order valence-electron chi connectivity index (χ4n) is 3.37. The third-order valence-electron chi connectivity index (χ3n) is 4.88. The van der Waals surface area contributed by atoms with Crippen LogP contribution in [0.25, 0.3) is 0 Å². The lowest BCUT2D eigenvalue weighted by Crippen LogP contribution is -2.41. The second-order valence-corrected chi connectivity index (χ2v) is 7.85. The summed E-state index contributed by atoms with van der Waals surface area (Å²) < 4.78 is 5.82. The summed E-state index contributed by atoms with van der Waals surface area (Å²) in [6.07, 6.45) is 0. The molecule has 0 fully saturated rings. The average molecular weight is 418 g/mol. The number of hydrogen-bond acceptors (Lipinski definition) is 3. The number of rotatable bonds is 10. The second-order valence-electron chi connectivity index (χ2n) is 7.85. The lowest BCUT2D eigenvalue weighted by atomic mass is 10.1. The molecule has 3 aromatic rings. The summed E-state index contributed by atoms with van der Waals surface area (Å²) in [5.74, 6) is 0. The summed E-state index contributed by atoms with van der Waals surface area (Å²) in [5, 5.41) is 6.06. The Morgan fingerprint density at radius 1 is 0.839 bits per heavy atom. The predicted octanol–water partition coefficient (Wildman–Crippen LogP) is 4.51. The molecule has 31 heavy (non-hydrogen) atoms. The molecule has 0 aliphatic carbocycles. The molecule has 5 nitrogen and oxygen atoms in total. The summed E-state index contributed by atoms with van der Waals surface area (Å²) in [6, 6.07) is 28.0. The van der Waals surface area contributed by atoms with Gasteiger partial charge in [-0.3, -0.25) is 0 Å². The Bertz CT molecular complexity index is 930. The first kappa shape index (κ1) is 22.5. The number of urea groups is 1. The fraction of sp³-hybridized carbons (Fsp3) is 0.269. The van der Waals surface area contributed by atoms with E-state index in [1.54, 1.807) is 0 Å². The summed E-state index contributed by atoms with van der Waals surface area (Å²) >= 11 is 0. The highest BCUT2D eigenvalue weighted by molar-refractivity contribution is 5.74. The van der Waals surface area contributed by atoms with Gasteiger partial charge in [-0.25, -0.2) is 4.79 Å². The lowest BCUT2D eigenvalue weighted by molar-refractivity contribution is 0.107. The fourth-order valence-corrected chi connectivity index (χ4v) is 3.37. The van der Waals surface area contributed by atoms with Crippen LogP contribution in [0.15, 0.2) is 84.9 Å². The smallest absolute Gasteiger partial charge is 0.315 e. The van der Waals surface area contributed by atoms with Crippen LogP contribution in [0, 0.1) is 0 Å². The van der Waals surface area contributed by atoms with Crippen LogP contribution < -0.4 is 10.6 Å². The van der Waals surface area contributed by atoms with Crippen molar-refractivity contribution in [3.05, 3.63) is 107 Å². The average Bonchev–Trinajstić information content (AvgIpc) is 2.79. The van der Waals surface area contributed by atoms with Crippen LogP contribution in [0.5, 0.6) is 0 Å².